The van der Waals surface area contributed by atoms with E-state index in [-0.39, 0.29) is 31.7 Å². The number of fused-ring (bicyclic) bond motifs is 5. The van der Waals surface area contributed by atoms with E-state index in [1.165, 1.54) is 23.8 Å². The first-order chi connectivity index (χ1) is 23.9. The molecule has 3 heterocycles. The summed E-state index contributed by atoms with van der Waals surface area (Å²) in [5, 5.41) is 18.1. The van der Waals surface area contributed by atoms with Gasteiger partial charge >= 0.3 is 12.1 Å². The highest BCUT2D eigenvalue weighted by Gasteiger charge is 2.64. The van der Waals surface area contributed by atoms with Crippen molar-refractivity contribution in [2.75, 3.05) is 25.5 Å². The largest absolute Gasteiger partial charge is 0.457 e. The van der Waals surface area contributed by atoms with E-state index in [1.807, 2.05) is 58.1 Å². The van der Waals surface area contributed by atoms with Crippen molar-refractivity contribution in [2.45, 2.75) is 109 Å². The number of hydrogen-bond donors (Lipinski definition) is 2. The topological polar surface area (TPSA) is 187 Å². The fourth-order valence-corrected chi connectivity index (χ4v) is 6.92. The first-order valence-corrected chi connectivity index (χ1v) is 17.5. The van der Waals surface area contributed by atoms with Gasteiger partial charge in [-0.2, -0.15) is 0 Å². The Morgan fingerprint density at radius 1 is 1.29 bits per heavy atom. The lowest BCUT2D eigenvalue weighted by atomic mass is 9.82. The number of halogens is 1. The van der Waals surface area contributed by atoms with Crippen LogP contribution < -0.4 is 10.2 Å². The smallest absolute Gasteiger partial charge is 0.409 e. The van der Waals surface area contributed by atoms with E-state index in [2.05, 4.69) is 15.3 Å². The number of allylic oxidation sites excluding steroid dienone is 3. The lowest BCUT2D eigenvalue weighted by Gasteiger charge is -2.41. The number of carbonyl (C=O) groups is 4. The van der Waals surface area contributed by atoms with Crippen molar-refractivity contribution in [2.24, 2.45) is 17.0 Å². The average Bonchev–Trinajstić information content (AvgIpc) is 3.77. The molecule has 0 radical (unpaired) electrons. The van der Waals surface area contributed by atoms with E-state index < -0.39 is 65.5 Å². The van der Waals surface area contributed by atoms with E-state index >= 15 is 0 Å². The molecule has 51 heavy (non-hydrogen) atoms. The van der Waals surface area contributed by atoms with Crippen LogP contribution in [-0.4, -0.2) is 90.2 Å². The first-order valence-electron chi connectivity index (χ1n) is 17.2. The van der Waals surface area contributed by atoms with Gasteiger partial charge < -0.3 is 29.1 Å². The zero-order valence-electron chi connectivity index (χ0n) is 30.5. The van der Waals surface area contributed by atoms with Crippen molar-refractivity contribution in [3.8, 4) is 0 Å². The molecule has 8 atom stereocenters. The summed E-state index contributed by atoms with van der Waals surface area (Å²) in [6.07, 6.45) is 3.04. The number of epoxide rings is 1. The number of alkyl carbamates (subject to hydrolysis) is 1. The summed E-state index contributed by atoms with van der Waals surface area (Å²) in [5.41, 5.74) is 8.92. The van der Waals surface area contributed by atoms with Crippen molar-refractivity contribution < 1.29 is 38.5 Å². The van der Waals surface area contributed by atoms with Crippen LogP contribution in [0.3, 0.4) is 0 Å². The Kier molecular flexibility index (Phi) is 12.5. The molecule has 0 saturated carbocycles. The van der Waals surface area contributed by atoms with Crippen molar-refractivity contribution in [1.82, 2.24) is 10.2 Å². The zero-order valence-corrected chi connectivity index (χ0v) is 31.3. The van der Waals surface area contributed by atoms with E-state index in [9.17, 15) is 24.3 Å². The van der Waals surface area contributed by atoms with Gasteiger partial charge in [-0.15, -0.1) is 0 Å². The molecular weight excluding hydrogens is 680 g/mol. The molecule has 0 aromatic heterocycles. The summed E-state index contributed by atoms with van der Waals surface area (Å²) in [6, 6.07) is 2.80. The van der Waals surface area contributed by atoms with Crippen molar-refractivity contribution >= 4 is 41.2 Å². The molecular formula is C36H49ClN6O8. The molecule has 2 fully saturated rings. The molecule has 14 nitrogen and oxygen atoms in total. The molecule has 0 aliphatic carbocycles. The van der Waals surface area contributed by atoms with Crippen molar-refractivity contribution in [3.63, 3.8) is 0 Å². The molecule has 3 amide bonds. The quantitative estimate of drug-likeness (QED) is 0.0916. The van der Waals surface area contributed by atoms with Gasteiger partial charge in [-0.05, 0) is 63.3 Å². The second-order valence-corrected chi connectivity index (χ2v) is 14.6. The molecule has 1 aromatic carbocycles. The number of aryl methyl sites for hydroxylation is 1. The van der Waals surface area contributed by atoms with Gasteiger partial charge in [-0.1, -0.05) is 60.4 Å². The van der Waals surface area contributed by atoms with Crippen LogP contribution in [0.15, 0.2) is 41.0 Å². The van der Waals surface area contributed by atoms with Crippen LogP contribution in [0.25, 0.3) is 10.4 Å². The van der Waals surface area contributed by atoms with Crippen LogP contribution >= 0.6 is 11.6 Å². The summed E-state index contributed by atoms with van der Waals surface area (Å²) >= 11 is 6.75. The number of ether oxygens (including phenoxy) is 3. The summed E-state index contributed by atoms with van der Waals surface area (Å²) in [4.78, 5) is 58.6. The highest BCUT2D eigenvalue weighted by atomic mass is 35.5. The molecule has 0 spiro atoms. The molecule has 4 rings (SSSR count). The van der Waals surface area contributed by atoms with Gasteiger partial charge in [0.1, 0.15) is 29.6 Å². The number of anilines is 1. The molecule has 4 bridgehead atoms. The number of aliphatic hydroxyl groups is 1. The Balaban J connectivity index is 1.70. The molecule has 3 aliphatic rings. The van der Waals surface area contributed by atoms with Gasteiger partial charge in [0.15, 0.2) is 0 Å². The Morgan fingerprint density at radius 3 is 2.69 bits per heavy atom. The van der Waals surface area contributed by atoms with Gasteiger partial charge in [-0.3, -0.25) is 14.9 Å². The van der Waals surface area contributed by atoms with Crippen molar-refractivity contribution in [3.05, 3.63) is 62.5 Å². The Morgan fingerprint density at radius 2 is 2.00 bits per heavy atom. The number of benzene rings is 1. The second-order valence-electron chi connectivity index (χ2n) is 14.2. The number of azide groups is 1. The van der Waals surface area contributed by atoms with E-state index in [0.29, 0.717) is 23.6 Å². The highest BCUT2D eigenvalue weighted by Crippen LogP contribution is 2.49. The predicted molar refractivity (Wildman–Crippen MR) is 191 cm³/mol. The fraction of sp³-hybridized carbons (Fsp3) is 0.611. The monoisotopic (exact) mass is 728 g/mol. The highest BCUT2D eigenvalue weighted by molar-refractivity contribution is 6.34. The van der Waals surface area contributed by atoms with Crippen LogP contribution in [0.4, 0.5) is 10.5 Å². The van der Waals surface area contributed by atoms with Gasteiger partial charge in [0.05, 0.1) is 23.2 Å². The standard InChI is InChI=1S/C36H49ClN6O8/c1-20-11-9-12-22(3)36(48)19-27(49-34(47)40-36)23(4)32-35(6,51-32)28(50-33(46)24(5)42(7)29(44)13-10-14-39-41-38)18-30(45)43(8)26-17-25(15-20)16-21(2)31(26)37/h9,11-12,16-17,22-24,27-28,32,48H,10,13-15,18-19H2,1-8H3,(H,40,47)/b12-9+,20-11+/t22-,23-,24?,27+,28+,32+,35+,36+/m1/s1. The number of amides is 3. The zero-order chi connectivity index (χ0) is 37.8. The van der Waals surface area contributed by atoms with Crippen LogP contribution in [-0.2, 0) is 35.0 Å². The van der Waals surface area contributed by atoms with Crippen LogP contribution in [0, 0.1) is 18.8 Å². The van der Waals surface area contributed by atoms with Gasteiger partial charge in [-0.25, -0.2) is 9.59 Å². The van der Waals surface area contributed by atoms with Crippen LogP contribution in [0.2, 0.25) is 5.02 Å². The summed E-state index contributed by atoms with van der Waals surface area (Å²) in [5.74, 6) is -2.45. The summed E-state index contributed by atoms with van der Waals surface area (Å²) < 4.78 is 17.9. The average molecular weight is 729 g/mol. The second kappa shape index (κ2) is 16.1. The molecule has 1 unspecified atom stereocenters. The van der Waals surface area contributed by atoms with Gasteiger partial charge in [0.25, 0.3) is 0 Å². The number of carbonyl (C=O) groups excluding carboxylic acids is 4. The third-order valence-electron chi connectivity index (χ3n) is 10.4. The number of nitrogens with one attached hydrogen (secondary N) is 1. The lowest BCUT2D eigenvalue weighted by Crippen LogP contribution is -2.60. The maximum absolute atomic E-state index is 14.0. The SMILES string of the molecule is C/C1=C\C=C\[C@@H](C)[C@@]2(O)C[C@H](OC(=O)N2)[C@@H](C)[C@@H]2O[C@@]2(C)[C@@H](OC(=O)C(C)N(C)C(=O)CCCN=[N+]=[N-])CC(=O)N(C)c2cc(cc(C)c2Cl)C1. The van der Waals surface area contributed by atoms with Crippen molar-refractivity contribution in [1.29, 1.82) is 0 Å². The van der Waals surface area contributed by atoms with Gasteiger partial charge in [0.2, 0.25) is 11.8 Å². The Bertz CT molecular complexity index is 1640. The van der Waals surface area contributed by atoms with Crippen LogP contribution in [0.5, 0.6) is 0 Å². The molecule has 2 N–H and O–H groups in total. The minimum atomic E-state index is -1.61. The predicted octanol–water partition coefficient (Wildman–Crippen LogP) is 5.53. The normalized spacial score (nSPS) is 31.8. The molecule has 2 saturated heterocycles. The lowest BCUT2D eigenvalue weighted by molar-refractivity contribution is -0.162. The third kappa shape index (κ3) is 9.04. The van der Waals surface area contributed by atoms with Gasteiger partial charge in [0, 0.05) is 50.2 Å². The number of rotatable bonds is 7. The maximum atomic E-state index is 14.0. The van der Waals surface area contributed by atoms with Crippen LogP contribution in [0.1, 0.15) is 71.4 Å². The number of esters is 1. The number of hydrogen-bond acceptors (Lipinski definition) is 9. The molecule has 278 valence electrons. The molecule has 3 aliphatic heterocycles. The first kappa shape index (κ1) is 39.7. The van der Waals surface area contributed by atoms with E-state index in [0.717, 1.165) is 16.7 Å². The number of likely N-dealkylation sites (N-methyl/N-ethyl adjacent to an activating group) is 1. The minimum absolute atomic E-state index is 0.0589. The third-order valence-corrected chi connectivity index (χ3v) is 10.9. The minimum Gasteiger partial charge on any atom is -0.457 e. The maximum Gasteiger partial charge on any atom is 0.409 e. The Hall–Kier alpha value is -4.10. The summed E-state index contributed by atoms with van der Waals surface area (Å²) in [7, 11) is 3.09. The van der Waals surface area contributed by atoms with E-state index in [1.54, 1.807) is 14.0 Å². The Labute approximate surface area is 303 Å². The summed E-state index contributed by atoms with van der Waals surface area (Å²) in [6.45, 7) is 10.9. The number of nitrogens with zero attached hydrogens (tertiary/aromatic N) is 5. The molecule has 15 heteroatoms. The fourth-order valence-electron chi connectivity index (χ4n) is 6.68. The molecule has 1 aromatic rings. The van der Waals surface area contributed by atoms with E-state index in [4.69, 9.17) is 31.3 Å².